The molecule has 0 radical (unpaired) electrons. The van der Waals surface area contributed by atoms with Crippen molar-refractivity contribution in [2.45, 2.75) is 44.8 Å². The van der Waals surface area contributed by atoms with Gasteiger partial charge in [-0.3, -0.25) is 14.6 Å². The van der Waals surface area contributed by atoms with E-state index in [1.165, 1.54) is 12.0 Å². The van der Waals surface area contributed by atoms with Gasteiger partial charge in [0.25, 0.3) is 0 Å². The highest BCUT2D eigenvalue weighted by Gasteiger charge is 2.36. The Morgan fingerprint density at radius 3 is 2.27 bits per heavy atom. The van der Waals surface area contributed by atoms with Gasteiger partial charge in [-0.25, -0.2) is 0 Å². The van der Waals surface area contributed by atoms with Crippen LogP contribution in [0, 0.1) is 13.8 Å². The lowest BCUT2D eigenvalue weighted by Crippen LogP contribution is -2.44. The number of hydrogen-bond acceptors (Lipinski definition) is 6. The van der Waals surface area contributed by atoms with E-state index in [0.29, 0.717) is 28.5 Å². The van der Waals surface area contributed by atoms with Crippen molar-refractivity contribution >= 4 is 35.8 Å². The maximum atomic E-state index is 10.3. The van der Waals surface area contributed by atoms with Gasteiger partial charge in [0.1, 0.15) is 12.6 Å². The van der Waals surface area contributed by atoms with Crippen molar-refractivity contribution in [1.82, 2.24) is 20.0 Å². The minimum Gasteiger partial charge on any atom is -0.311 e. The van der Waals surface area contributed by atoms with Crippen LogP contribution in [0.5, 0.6) is 0 Å². The molecular formula is C29H40Cl2N4O2. The smallest absolute Gasteiger partial charge is 0.150 e. The summed E-state index contributed by atoms with van der Waals surface area (Å²) < 4.78 is 0. The minimum absolute atomic E-state index is 0.411. The molecule has 6 nitrogen and oxygen atoms in total. The predicted octanol–water partition coefficient (Wildman–Crippen LogP) is 4.65. The molecule has 5 rings (SSSR count). The molecule has 2 aromatic carbocycles. The molecule has 0 amide bonds. The van der Waals surface area contributed by atoms with Crippen molar-refractivity contribution in [3.05, 3.63) is 68.7 Å². The van der Waals surface area contributed by atoms with E-state index < -0.39 is 0 Å². The number of aryl methyl sites for hydroxylation is 2. The van der Waals surface area contributed by atoms with Gasteiger partial charge in [-0.2, -0.15) is 0 Å². The third-order valence-electron chi connectivity index (χ3n) is 7.26. The first kappa shape index (κ1) is 29.8. The van der Waals surface area contributed by atoms with Gasteiger partial charge < -0.3 is 15.0 Å². The second-order valence-electron chi connectivity index (χ2n) is 10.4. The Labute approximate surface area is 231 Å². The maximum absolute atomic E-state index is 10.3. The molecule has 0 aliphatic carbocycles. The normalized spacial score (nSPS) is 23.6. The quantitative estimate of drug-likeness (QED) is 0.551. The number of hydrogen-bond donors (Lipinski definition) is 1. The third kappa shape index (κ3) is 8.88. The van der Waals surface area contributed by atoms with Gasteiger partial charge in [0, 0.05) is 69.4 Å². The molecule has 3 atom stereocenters. The lowest BCUT2D eigenvalue weighted by Gasteiger charge is -2.38. The number of benzene rings is 2. The van der Waals surface area contributed by atoms with Crippen LogP contribution >= 0.6 is 23.2 Å². The standard InChI is InChI=1S/C12H16Cl2N2.C9H10O.C8H14N2O/c1-15-5-6-16(2)12(8-15)9-3-4-10(13)11(14)7-9;1-7-3-8(2)5-9(4-7)6-10;11-3-1-2-10-6-7-4-8(10)5-9-7/h3-4,7,12H,5-6,8H2,1-2H3;3-6H,1-2H3;3,7-9H,1-2,4-6H2/t12-;;7-,8+/m0.1/s1. The highest BCUT2D eigenvalue weighted by Crippen LogP contribution is 2.29. The van der Waals surface area contributed by atoms with E-state index >= 15 is 0 Å². The molecule has 8 heteroatoms. The van der Waals surface area contributed by atoms with Crippen molar-refractivity contribution in [1.29, 1.82) is 0 Å². The van der Waals surface area contributed by atoms with E-state index in [0.717, 1.165) is 74.6 Å². The van der Waals surface area contributed by atoms with Crippen molar-refractivity contribution in [3.8, 4) is 0 Å². The lowest BCUT2D eigenvalue weighted by molar-refractivity contribution is -0.108. The zero-order valence-electron chi connectivity index (χ0n) is 22.4. The molecule has 3 aliphatic heterocycles. The monoisotopic (exact) mass is 546 g/mol. The van der Waals surface area contributed by atoms with Gasteiger partial charge in [0.2, 0.25) is 0 Å². The van der Waals surface area contributed by atoms with Crippen LogP contribution in [-0.2, 0) is 4.79 Å². The number of halogens is 2. The average molecular weight is 548 g/mol. The summed E-state index contributed by atoms with van der Waals surface area (Å²) in [5, 5.41) is 4.69. The van der Waals surface area contributed by atoms with E-state index in [2.05, 4.69) is 40.2 Å². The summed E-state index contributed by atoms with van der Waals surface area (Å²) >= 11 is 12.0. The van der Waals surface area contributed by atoms with Gasteiger partial charge in [0.05, 0.1) is 10.0 Å². The highest BCUT2D eigenvalue weighted by molar-refractivity contribution is 6.42. The zero-order chi connectivity index (χ0) is 26.9. The van der Waals surface area contributed by atoms with Crippen LogP contribution in [-0.4, -0.2) is 92.7 Å². The number of carbonyl (C=O) groups excluding carboxylic acids is 2. The molecule has 3 fully saturated rings. The van der Waals surface area contributed by atoms with E-state index in [1.807, 2.05) is 44.2 Å². The molecule has 3 aliphatic rings. The Hall–Kier alpha value is -1.80. The molecule has 0 saturated carbocycles. The molecule has 3 heterocycles. The summed E-state index contributed by atoms with van der Waals surface area (Å²) in [6, 6.07) is 13.6. The highest BCUT2D eigenvalue weighted by atomic mass is 35.5. The Morgan fingerprint density at radius 2 is 1.70 bits per heavy atom. The van der Waals surface area contributed by atoms with Crippen molar-refractivity contribution in [2.75, 3.05) is 53.4 Å². The fourth-order valence-corrected chi connectivity index (χ4v) is 5.61. The fourth-order valence-electron chi connectivity index (χ4n) is 5.31. The van der Waals surface area contributed by atoms with E-state index in [1.54, 1.807) is 0 Å². The molecule has 1 N–H and O–H groups in total. The average Bonchev–Trinajstić information content (AvgIpc) is 3.50. The summed E-state index contributed by atoms with van der Waals surface area (Å²) in [5.41, 5.74) is 4.28. The van der Waals surface area contributed by atoms with Gasteiger partial charge in [0.15, 0.2) is 0 Å². The number of likely N-dealkylation sites (tertiary alicyclic amines) is 1. The van der Waals surface area contributed by atoms with Crippen LogP contribution < -0.4 is 5.32 Å². The number of nitrogens with one attached hydrogen (secondary N) is 1. The first-order valence-corrected chi connectivity index (χ1v) is 13.7. The number of rotatable bonds is 5. The Bertz CT molecular complexity index is 1030. The Balaban J connectivity index is 0.000000160. The summed E-state index contributed by atoms with van der Waals surface area (Å²) in [6.07, 6.45) is 3.88. The van der Waals surface area contributed by atoms with Crippen LogP contribution in [0.15, 0.2) is 36.4 Å². The number of piperazine rings is 2. The maximum Gasteiger partial charge on any atom is 0.150 e. The molecular weight excluding hydrogens is 507 g/mol. The van der Waals surface area contributed by atoms with Crippen LogP contribution in [0.2, 0.25) is 10.0 Å². The van der Waals surface area contributed by atoms with Crippen LogP contribution in [0.25, 0.3) is 0 Å². The Morgan fingerprint density at radius 1 is 0.973 bits per heavy atom. The Kier molecular flexibility index (Phi) is 11.6. The van der Waals surface area contributed by atoms with Gasteiger partial charge >= 0.3 is 0 Å². The van der Waals surface area contributed by atoms with Crippen molar-refractivity contribution < 1.29 is 9.59 Å². The van der Waals surface area contributed by atoms with E-state index in [4.69, 9.17) is 23.2 Å². The molecule has 0 spiro atoms. The molecule has 37 heavy (non-hydrogen) atoms. The van der Waals surface area contributed by atoms with Gasteiger partial charge in [-0.15, -0.1) is 0 Å². The summed E-state index contributed by atoms with van der Waals surface area (Å²) in [6.45, 7) is 10.5. The number of fused-ring (bicyclic) bond motifs is 2. The molecule has 0 aromatic heterocycles. The summed E-state index contributed by atoms with van der Waals surface area (Å²) in [4.78, 5) is 27.6. The van der Waals surface area contributed by atoms with Crippen LogP contribution in [0.1, 0.15) is 45.9 Å². The minimum atomic E-state index is 0.411. The van der Waals surface area contributed by atoms with Crippen molar-refractivity contribution in [3.63, 3.8) is 0 Å². The van der Waals surface area contributed by atoms with E-state index in [-0.39, 0.29) is 0 Å². The fraction of sp³-hybridized carbons (Fsp3) is 0.517. The lowest BCUT2D eigenvalue weighted by atomic mass is 10.0. The largest absolute Gasteiger partial charge is 0.311 e. The van der Waals surface area contributed by atoms with Crippen LogP contribution in [0.4, 0.5) is 0 Å². The van der Waals surface area contributed by atoms with Gasteiger partial charge in [-0.05, 0) is 64.2 Å². The molecule has 3 saturated heterocycles. The topological polar surface area (TPSA) is 55.9 Å². The molecule has 0 unspecified atom stereocenters. The van der Waals surface area contributed by atoms with Crippen molar-refractivity contribution in [2.24, 2.45) is 0 Å². The second-order valence-corrected chi connectivity index (χ2v) is 11.2. The summed E-state index contributed by atoms with van der Waals surface area (Å²) in [7, 11) is 4.30. The number of aldehydes is 2. The first-order valence-electron chi connectivity index (χ1n) is 13.0. The molecule has 2 bridgehead atoms. The second kappa shape index (κ2) is 14.4. The van der Waals surface area contributed by atoms with E-state index in [9.17, 15) is 9.59 Å². The number of nitrogens with zero attached hydrogens (tertiary/aromatic N) is 3. The first-order chi connectivity index (χ1) is 17.7. The molecule has 2 aromatic rings. The number of carbonyl (C=O) groups is 2. The predicted molar refractivity (Wildman–Crippen MR) is 153 cm³/mol. The number of likely N-dealkylation sites (N-methyl/N-ethyl adjacent to an activating group) is 2. The van der Waals surface area contributed by atoms with Crippen LogP contribution in [0.3, 0.4) is 0 Å². The third-order valence-corrected chi connectivity index (χ3v) is 8.00. The van der Waals surface area contributed by atoms with Gasteiger partial charge in [-0.1, -0.05) is 46.5 Å². The SMILES string of the molecule is CN1CCN(C)[C@H](c2ccc(Cl)c(Cl)c2)C1.Cc1cc(C)cc(C=O)c1.O=CCCN1C[C@H]2C[C@H]1CN2. The molecule has 202 valence electrons. The summed E-state index contributed by atoms with van der Waals surface area (Å²) in [5.74, 6) is 0. The zero-order valence-corrected chi connectivity index (χ0v) is 23.9.